The third-order valence-electron chi connectivity index (χ3n) is 3.06. The van der Waals surface area contributed by atoms with Crippen molar-refractivity contribution in [3.05, 3.63) is 71.5 Å². The van der Waals surface area contributed by atoms with Crippen molar-refractivity contribution in [3.8, 4) is 0 Å². The lowest BCUT2D eigenvalue weighted by Gasteiger charge is -2.03. The lowest BCUT2D eigenvalue weighted by molar-refractivity contribution is 0.103. The second-order valence-electron chi connectivity index (χ2n) is 4.23. The van der Waals surface area contributed by atoms with Gasteiger partial charge in [0.25, 0.3) is 0 Å². The molecule has 3 nitrogen and oxygen atoms in total. The molecule has 3 aromatic rings. The van der Waals surface area contributed by atoms with Gasteiger partial charge in [-0.1, -0.05) is 30.3 Å². The molecule has 0 bridgehead atoms. The highest BCUT2D eigenvalue weighted by Crippen LogP contribution is 2.17. The molecular formula is C15H12N2O. The van der Waals surface area contributed by atoms with Gasteiger partial charge in [0, 0.05) is 11.8 Å². The first-order chi connectivity index (χ1) is 8.77. The van der Waals surface area contributed by atoms with Crippen LogP contribution in [0.4, 0.5) is 0 Å². The number of hydrogen-bond donors (Lipinski definition) is 0. The van der Waals surface area contributed by atoms with Gasteiger partial charge in [0.1, 0.15) is 0 Å². The summed E-state index contributed by atoms with van der Waals surface area (Å²) >= 11 is 0. The first-order valence-electron chi connectivity index (χ1n) is 5.80. The van der Waals surface area contributed by atoms with Crippen molar-refractivity contribution in [1.29, 1.82) is 0 Å². The summed E-state index contributed by atoms with van der Waals surface area (Å²) in [7, 11) is 0. The van der Waals surface area contributed by atoms with Crippen LogP contribution in [0.1, 0.15) is 21.5 Å². The van der Waals surface area contributed by atoms with E-state index in [9.17, 15) is 4.79 Å². The lowest BCUT2D eigenvalue weighted by atomic mass is 10.0. The van der Waals surface area contributed by atoms with Crippen molar-refractivity contribution in [3.63, 3.8) is 0 Å². The standard InChI is InChI=1S/C15H12N2O/c1-11-6-2-3-7-12(11)15(18)13-10-16-17-9-5-4-8-14(13)17/h2-10H,1H3. The predicted octanol–water partition coefficient (Wildman–Crippen LogP) is 2.87. The van der Waals surface area contributed by atoms with Gasteiger partial charge >= 0.3 is 0 Å². The van der Waals surface area contributed by atoms with Gasteiger partial charge in [-0.3, -0.25) is 4.79 Å². The first-order valence-corrected chi connectivity index (χ1v) is 5.80. The van der Waals surface area contributed by atoms with Crippen LogP contribution in [0, 0.1) is 6.92 Å². The normalized spacial score (nSPS) is 10.7. The maximum Gasteiger partial charge on any atom is 0.197 e. The van der Waals surface area contributed by atoms with E-state index in [1.807, 2.05) is 55.6 Å². The minimum atomic E-state index is 0.0225. The van der Waals surface area contributed by atoms with E-state index < -0.39 is 0 Å². The Kier molecular flexibility index (Phi) is 2.45. The number of hydrogen-bond acceptors (Lipinski definition) is 2. The molecule has 0 aliphatic heterocycles. The number of aromatic nitrogens is 2. The van der Waals surface area contributed by atoms with E-state index in [1.165, 1.54) is 0 Å². The van der Waals surface area contributed by atoms with Crippen molar-refractivity contribution in [2.24, 2.45) is 0 Å². The summed E-state index contributed by atoms with van der Waals surface area (Å²) in [5.74, 6) is 0.0225. The molecule has 88 valence electrons. The van der Waals surface area contributed by atoms with Crippen LogP contribution in [-0.2, 0) is 0 Å². The van der Waals surface area contributed by atoms with Crippen molar-refractivity contribution >= 4 is 11.3 Å². The molecule has 0 fully saturated rings. The summed E-state index contributed by atoms with van der Waals surface area (Å²) in [4.78, 5) is 12.5. The molecular weight excluding hydrogens is 224 g/mol. The number of benzene rings is 1. The monoisotopic (exact) mass is 236 g/mol. The van der Waals surface area contributed by atoms with Gasteiger partial charge in [-0.05, 0) is 24.6 Å². The van der Waals surface area contributed by atoms with Crippen LogP contribution in [0.25, 0.3) is 5.52 Å². The van der Waals surface area contributed by atoms with Gasteiger partial charge in [-0.15, -0.1) is 0 Å². The predicted molar refractivity (Wildman–Crippen MR) is 69.8 cm³/mol. The zero-order valence-electron chi connectivity index (χ0n) is 10.00. The Balaban J connectivity index is 2.16. The number of fused-ring (bicyclic) bond motifs is 1. The molecule has 0 aliphatic rings. The van der Waals surface area contributed by atoms with Crippen LogP contribution < -0.4 is 0 Å². The van der Waals surface area contributed by atoms with E-state index in [-0.39, 0.29) is 5.78 Å². The van der Waals surface area contributed by atoms with E-state index in [0.29, 0.717) is 5.56 Å². The van der Waals surface area contributed by atoms with Crippen molar-refractivity contribution < 1.29 is 4.79 Å². The van der Waals surface area contributed by atoms with Crippen LogP contribution in [-0.4, -0.2) is 15.4 Å². The molecule has 18 heavy (non-hydrogen) atoms. The van der Waals surface area contributed by atoms with Crippen molar-refractivity contribution in [2.75, 3.05) is 0 Å². The molecule has 0 aliphatic carbocycles. The second kappa shape index (κ2) is 4.11. The van der Waals surface area contributed by atoms with Gasteiger partial charge < -0.3 is 0 Å². The van der Waals surface area contributed by atoms with Crippen LogP contribution in [0.2, 0.25) is 0 Å². The topological polar surface area (TPSA) is 34.4 Å². The third kappa shape index (κ3) is 1.61. The highest BCUT2D eigenvalue weighted by molar-refractivity contribution is 6.13. The zero-order valence-corrected chi connectivity index (χ0v) is 10.00. The van der Waals surface area contributed by atoms with Crippen molar-refractivity contribution in [2.45, 2.75) is 6.92 Å². The van der Waals surface area contributed by atoms with E-state index in [4.69, 9.17) is 0 Å². The smallest absolute Gasteiger partial charge is 0.197 e. The van der Waals surface area contributed by atoms with E-state index in [0.717, 1.165) is 16.6 Å². The van der Waals surface area contributed by atoms with E-state index in [1.54, 1.807) is 10.7 Å². The first kappa shape index (κ1) is 10.7. The Bertz CT molecular complexity index is 728. The number of carbonyl (C=O) groups excluding carboxylic acids is 1. The zero-order chi connectivity index (χ0) is 12.5. The summed E-state index contributed by atoms with van der Waals surface area (Å²) in [5, 5.41) is 4.19. The maximum atomic E-state index is 12.5. The molecule has 0 saturated carbocycles. The maximum absolute atomic E-state index is 12.5. The van der Waals surface area contributed by atoms with E-state index in [2.05, 4.69) is 5.10 Å². The fourth-order valence-corrected chi connectivity index (χ4v) is 2.08. The molecule has 3 rings (SSSR count). The Morgan fingerprint density at radius 3 is 2.67 bits per heavy atom. The van der Waals surface area contributed by atoms with Gasteiger partial charge in [-0.2, -0.15) is 5.10 Å². The Morgan fingerprint density at radius 2 is 1.83 bits per heavy atom. The summed E-state index contributed by atoms with van der Waals surface area (Å²) in [6.45, 7) is 1.94. The molecule has 0 N–H and O–H groups in total. The second-order valence-corrected chi connectivity index (χ2v) is 4.23. The van der Waals surface area contributed by atoms with Gasteiger partial charge in [0.2, 0.25) is 0 Å². The molecule has 2 aromatic heterocycles. The quantitative estimate of drug-likeness (QED) is 0.641. The molecule has 2 heterocycles. The number of ketones is 1. The average Bonchev–Trinajstić information content (AvgIpc) is 2.82. The average molecular weight is 236 g/mol. The van der Waals surface area contributed by atoms with Crippen molar-refractivity contribution in [1.82, 2.24) is 9.61 Å². The highest BCUT2D eigenvalue weighted by Gasteiger charge is 2.15. The minimum absolute atomic E-state index is 0.0225. The lowest BCUT2D eigenvalue weighted by Crippen LogP contribution is -2.03. The third-order valence-corrected chi connectivity index (χ3v) is 3.06. The summed E-state index contributed by atoms with van der Waals surface area (Å²) in [5.41, 5.74) is 3.20. The van der Waals surface area contributed by atoms with Gasteiger partial charge in [0.15, 0.2) is 5.78 Å². The largest absolute Gasteiger partial charge is 0.288 e. The molecule has 1 aromatic carbocycles. The fraction of sp³-hybridized carbons (Fsp3) is 0.0667. The Morgan fingerprint density at radius 1 is 1.06 bits per heavy atom. The number of aryl methyl sites for hydroxylation is 1. The SMILES string of the molecule is Cc1ccccc1C(=O)c1cnn2ccccc12. The number of carbonyl (C=O) groups is 1. The molecule has 0 radical (unpaired) electrons. The number of rotatable bonds is 2. The number of nitrogens with zero attached hydrogens (tertiary/aromatic N) is 2. The minimum Gasteiger partial charge on any atom is -0.288 e. The van der Waals surface area contributed by atoms with Gasteiger partial charge in [0.05, 0.1) is 17.3 Å². The number of pyridine rings is 1. The molecule has 0 spiro atoms. The van der Waals surface area contributed by atoms with Gasteiger partial charge in [-0.25, -0.2) is 4.52 Å². The molecule has 0 saturated heterocycles. The summed E-state index contributed by atoms with van der Waals surface area (Å²) in [6, 6.07) is 13.3. The molecule has 3 heteroatoms. The fourth-order valence-electron chi connectivity index (χ4n) is 2.08. The summed E-state index contributed by atoms with van der Waals surface area (Å²) < 4.78 is 1.71. The molecule has 0 unspecified atom stereocenters. The van der Waals surface area contributed by atoms with Crippen LogP contribution in [0.5, 0.6) is 0 Å². The highest BCUT2D eigenvalue weighted by atomic mass is 16.1. The Labute approximate surface area is 105 Å². The molecule has 0 atom stereocenters. The summed E-state index contributed by atoms with van der Waals surface area (Å²) in [6.07, 6.45) is 3.47. The van der Waals surface area contributed by atoms with Crippen LogP contribution >= 0.6 is 0 Å². The van der Waals surface area contributed by atoms with Crippen LogP contribution in [0.15, 0.2) is 54.9 Å². The molecule has 0 amide bonds. The van der Waals surface area contributed by atoms with Crippen LogP contribution in [0.3, 0.4) is 0 Å². The van der Waals surface area contributed by atoms with E-state index >= 15 is 0 Å². The Hall–Kier alpha value is -2.42.